The molecule has 0 aliphatic rings. The van der Waals surface area contributed by atoms with Gasteiger partial charge in [0.2, 0.25) is 3.79 Å². The third-order valence-electron chi connectivity index (χ3n) is 1.72. The number of hydrogen-bond donors (Lipinski definition) is 0. The third-order valence-corrected chi connectivity index (χ3v) is 3.26. The van der Waals surface area contributed by atoms with Crippen LogP contribution in [0.4, 0.5) is 0 Å². The molecule has 0 saturated heterocycles. The average Bonchev–Trinajstić information content (AvgIpc) is 2.15. The van der Waals surface area contributed by atoms with Crippen molar-refractivity contribution in [3.8, 4) is 0 Å². The fourth-order valence-electron chi connectivity index (χ4n) is 0.932. The summed E-state index contributed by atoms with van der Waals surface area (Å²) in [6.45, 7) is 1.85. The summed E-state index contributed by atoms with van der Waals surface area (Å²) < 4.78 is 24.8. The zero-order chi connectivity index (χ0) is 13.1. The number of sulfonamides is 1. The molecule has 0 aliphatic heterocycles. The first-order valence-corrected chi connectivity index (χ1v) is 6.98. The van der Waals surface area contributed by atoms with Gasteiger partial charge in [0.25, 0.3) is 10.0 Å². The van der Waals surface area contributed by atoms with Gasteiger partial charge in [-0.15, -0.1) is 4.40 Å². The highest BCUT2D eigenvalue weighted by Crippen LogP contribution is 2.26. The molecular weight excluding hydrogens is 305 g/mol. The van der Waals surface area contributed by atoms with E-state index in [1.165, 1.54) is 12.1 Å². The molecule has 0 amide bonds. The lowest BCUT2D eigenvalue weighted by Crippen LogP contribution is -1.98. The third kappa shape index (κ3) is 5.11. The normalized spacial score (nSPS) is 11.8. The van der Waals surface area contributed by atoms with Crippen LogP contribution in [-0.2, 0) is 10.0 Å². The van der Waals surface area contributed by atoms with Crippen LogP contribution in [0, 0.1) is 6.92 Å². The van der Waals surface area contributed by atoms with E-state index in [-0.39, 0.29) is 4.90 Å². The topological polar surface area (TPSA) is 46.5 Å². The van der Waals surface area contributed by atoms with Crippen molar-refractivity contribution in [3.05, 3.63) is 35.9 Å². The van der Waals surface area contributed by atoms with Crippen LogP contribution in [0.2, 0.25) is 0 Å². The molecule has 1 aromatic carbocycles. The molecule has 0 atom stereocenters. The molecule has 0 N–H and O–H groups in total. The fraction of sp³-hybridized carbons (Fsp3) is 0.200. The Balaban J connectivity index is 3.06. The van der Waals surface area contributed by atoms with Crippen molar-refractivity contribution in [1.29, 1.82) is 0 Å². The van der Waals surface area contributed by atoms with Crippen LogP contribution in [0.1, 0.15) is 5.56 Å². The molecule has 3 nitrogen and oxygen atoms in total. The molecule has 0 aromatic heterocycles. The highest BCUT2D eigenvalue weighted by molar-refractivity contribution is 7.90. The molecule has 1 aromatic rings. The second-order valence-electron chi connectivity index (χ2n) is 3.19. The number of halogens is 3. The van der Waals surface area contributed by atoms with E-state index in [9.17, 15) is 8.42 Å². The lowest BCUT2D eigenvalue weighted by atomic mass is 10.2. The maximum Gasteiger partial charge on any atom is 0.289 e. The van der Waals surface area contributed by atoms with Gasteiger partial charge in [0.1, 0.15) is 0 Å². The number of allylic oxidation sites excluding steroid dienone is 1. The van der Waals surface area contributed by atoms with E-state index in [0.717, 1.165) is 11.6 Å². The first-order chi connectivity index (χ1) is 7.71. The second kappa shape index (κ2) is 5.42. The smallest absolute Gasteiger partial charge is 0.199 e. The summed E-state index contributed by atoms with van der Waals surface area (Å²) >= 11 is 16.2. The van der Waals surface area contributed by atoms with Crippen LogP contribution in [0.3, 0.4) is 0 Å². The Kier molecular flexibility index (Phi) is 4.64. The van der Waals surface area contributed by atoms with Gasteiger partial charge in [-0.05, 0) is 19.1 Å². The Morgan fingerprint density at radius 3 is 2.24 bits per heavy atom. The van der Waals surface area contributed by atoms with Crippen molar-refractivity contribution in [3.63, 3.8) is 0 Å². The van der Waals surface area contributed by atoms with Gasteiger partial charge in [0, 0.05) is 11.9 Å². The lowest BCUT2D eigenvalue weighted by molar-refractivity contribution is 0.598. The average molecular weight is 313 g/mol. The van der Waals surface area contributed by atoms with Crippen molar-refractivity contribution in [1.82, 2.24) is 0 Å². The Morgan fingerprint density at radius 2 is 1.76 bits per heavy atom. The summed E-state index contributed by atoms with van der Waals surface area (Å²) in [6.07, 6.45) is 0.934. The van der Waals surface area contributed by atoms with Crippen molar-refractivity contribution < 1.29 is 8.42 Å². The van der Waals surface area contributed by atoms with Gasteiger partial charge in [-0.1, -0.05) is 52.5 Å². The highest BCUT2D eigenvalue weighted by atomic mass is 35.6. The minimum absolute atomic E-state index is 0.0633. The van der Waals surface area contributed by atoms with E-state index in [2.05, 4.69) is 10.3 Å². The van der Waals surface area contributed by atoms with Crippen molar-refractivity contribution in [2.24, 2.45) is 4.40 Å². The van der Waals surface area contributed by atoms with Gasteiger partial charge in [0.05, 0.1) is 4.90 Å². The Morgan fingerprint density at radius 1 is 1.24 bits per heavy atom. The molecule has 0 fully saturated rings. The molecule has 17 heavy (non-hydrogen) atoms. The van der Waals surface area contributed by atoms with Crippen LogP contribution in [0.5, 0.6) is 0 Å². The van der Waals surface area contributed by atoms with Crippen LogP contribution < -0.4 is 0 Å². The summed E-state index contributed by atoms with van der Waals surface area (Å²) in [4.78, 5) is 0.0633. The van der Waals surface area contributed by atoms with Crippen molar-refractivity contribution in [2.45, 2.75) is 15.6 Å². The molecule has 1 rings (SSSR count). The molecule has 0 aliphatic carbocycles. The van der Waals surface area contributed by atoms with Gasteiger partial charge in [-0.3, -0.25) is 0 Å². The molecule has 92 valence electrons. The van der Waals surface area contributed by atoms with Crippen molar-refractivity contribution >= 4 is 50.7 Å². The van der Waals surface area contributed by atoms with E-state index in [1.807, 2.05) is 6.92 Å². The number of rotatable bonds is 2. The Hall–Kier alpha value is -0.510. The SMILES string of the molecule is Cc1ccc(S(=O)(=O)N=C=CC(Cl)(Cl)Cl)cc1. The molecule has 0 bridgehead atoms. The summed E-state index contributed by atoms with van der Waals surface area (Å²) in [5, 5.41) is 0. The summed E-state index contributed by atoms with van der Waals surface area (Å²) in [7, 11) is -3.79. The van der Waals surface area contributed by atoms with Crippen LogP contribution in [0.25, 0.3) is 0 Å². The first-order valence-electron chi connectivity index (χ1n) is 4.41. The van der Waals surface area contributed by atoms with Gasteiger partial charge >= 0.3 is 0 Å². The summed E-state index contributed by atoms with van der Waals surface area (Å²) in [5.41, 5.74) is 0.949. The number of benzene rings is 1. The number of alkyl halides is 3. The zero-order valence-corrected chi connectivity index (χ0v) is 11.8. The van der Waals surface area contributed by atoms with Gasteiger partial charge in [-0.25, -0.2) is 0 Å². The van der Waals surface area contributed by atoms with E-state index in [4.69, 9.17) is 34.8 Å². The Labute approximate surface area is 115 Å². The molecule has 0 unspecified atom stereocenters. The molecule has 7 heteroatoms. The highest BCUT2D eigenvalue weighted by Gasteiger charge is 2.15. The van der Waals surface area contributed by atoms with E-state index >= 15 is 0 Å². The summed E-state index contributed by atoms with van der Waals surface area (Å²) in [5.74, 6) is 2.09. The van der Waals surface area contributed by atoms with E-state index in [0.29, 0.717) is 0 Å². The zero-order valence-electron chi connectivity index (χ0n) is 8.69. The maximum atomic E-state index is 11.7. The van der Waals surface area contributed by atoms with Gasteiger partial charge in [-0.2, -0.15) is 8.42 Å². The predicted molar refractivity (Wildman–Crippen MR) is 70.7 cm³/mol. The Bertz CT molecular complexity index is 552. The van der Waals surface area contributed by atoms with E-state index in [1.54, 1.807) is 12.1 Å². The first kappa shape index (κ1) is 14.6. The quantitative estimate of drug-likeness (QED) is 0.621. The molecular formula is C10H8Cl3NO2S. The molecule has 0 saturated carbocycles. The molecule has 0 spiro atoms. The summed E-state index contributed by atoms with van der Waals surface area (Å²) in [6, 6.07) is 6.23. The number of hydrogen-bond acceptors (Lipinski definition) is 2. The predicted octanol–water partition coefficient (Wildman–Crippen LogP) is 3.28. The standard InChI is InChI=1S/C10H8Cl3NO2S/c1-8-2-4-9(5-3-8)17(15,16)14-7-6-10(11,12)13/h2-6H,1H3. The van der Waals surface area contributed by atoms with E-state index < -0.39 is 13.8 Å². The molecule has 0 heterocycles. The van der Waals surface area contributed by atoms with Gasteiger partial charge < -0.3 is 0 Å². The van der Waals surface area contributed by atoms with Crippen LogP contribution in [-0.4, -0.2) is 18.1 Å². The minimum atomic E-state index is -3.79. The fourth-order valence-corrected chi connectivity index (χ4v) is 1.86. The van der Waals surface area contributed by atoms with Crippen LogP contribution in [0.15, 0.2) is 39.6 Å². The van der Waals surface area contributed by atoms with Crippen LogP contribution >= 0.6 is 34.8 Å². The maximum absolute atomic E-state index is 11.7. The van der Waals surface area contributed by atoms with Gasteiger partial charge in [0.15, 0.2) is 0 Å². The number of nitrogens with zero attached hydrogens (tertiary/aromatic N) is 1. The van der Waals surface area contributed by atoms with Crippen molar-refractivity contribution in [2.75, 3.05) is 0 Å². The largest absolute Gasteiger partial charge is 0.289 e. The minimum Gasteiger partial charge on any atom is -0.199 e. The molecule has 0 radical (unpaired) electrons. The monoisotopic (exact) mass is 311 g/mol. The number of aryl methyl sites for hydroxylation is 1. The lowest BCUT2D eigenvalue weighted by Gasteiger charge is -1.99. The second-order valence-corrected chi connectivity index (χ2v) is 7.17.